The fraction of sp³-hybridized carbons (Fsp3) is 0.636. The van der Waals surface area contributed by atoms with E-state index >= 15 is 0 Å². The first-order valence-electron chi connectivity index (χ1n) is 5.55. The highest BCUT2D eigenvalue weighted by Gasteiger charge is 2.69. The van der Waals surface area contributed by atoms with E-state index < -0.39 is 32.2 Å². The SMILES string of the molecule is COC(=O)N(C)C[C@]12C=C[C@H](O1)C(Cl)(Cl)C(=O)C2(Cl)Cl. The van der Waals surface area contributed by atoms with E-state index in [1.165, 1.54) is 31.2 Å². The summed E-state index contributed by atoms with van der Waals surface area (Å²) in [5, 5.41) is 0. The van der Waals surface area contributed by atoms with Crippen molar-refractivity contribution in [3.05, 3.63) is 12.2 Å². The van der Waals surface area contributed by atoms with Crippen molar-refractivity contribution < 1.29 is 19.1 Å². The van der Waals surface area contributed by atoms with Crippen LogP contribution in [0.15, 0.2) is 12.2 Å². The van der Waals surface area contributed by atoms with Crippen LogP contribution in [0.2, 0.25) is 0 Å². The number of amides is 1. The molecule has 5 nitrogen and oxygen atoms in total. The number of hydrogen-bond acceptors (Lipinski definition) is 4. The molecule has 0 aromatic rings. The number of alkyl halides is 4. The van der Waals surface area contributed by atoms with Gasteiger partial charge in [-0.25, -0.2) is 4.79 Å². The predicted molar refractivity (Wildman–Crippen MR) is 75.7 cm³/mol. The van der Waals surface area contributed by atoms with Gasteiger partial charge in [0.15, 0.2) is 0 Å². The molecule has 0 radical (unpaired) electrons. The Bertz CT molecular complexity index is 493. The summed E-state index contributed by atoms with van der Waals surface area (Å²) in [6, 6.07) is 0. The molecule has 0 aromatic heterocycles. The molecule has 0 aliphatic carbocycles. The lowest BCUT2D eigenvalue weighted by atomic mass is 9.92. The van der Waals surface area contributed by atoms with Crippen molar-refractivity contribution in [1.82, 2.24) is 4.90 Å². The van der Waals surface area contributed by atoms with E-state index in [-0.39, 0.29) is 6.54 Å². The number of ether oxygens (including phenoxy) is 2. The molecule has 2 aliphatic heterocycles. The van der Waals surface area contributed by atoms with E-state index in [0.29, 0.717) is 0 Å². The number of nitrogens with zero attached hydrogens (tertiary/aromatic N) is 1. The fourth-order valence-corrected chi connectivity index (χ4v) is 3.56. The van der Waals surface area contributed by atoms with Gasteiger partial charge in [-0.1, -0.05) is 52.5 Å². The zero-order valence-electron chi connectivity index (χ0n) is 10.5. The zero-order valence-corrected chi connectivity index (χ0v) is 13.6. The number of likely N-dealkylation sites (N-methyl/N-ethyl adjacent to an activating group) is 1. The van der Waals surface area contributed by atoms with Crippen LogP contribution >= 0.6 is 46.4 Å². The van der Waals surface area contributed by atoms with E-state index in [2.05, 4.69) is 4.74 Å². The minimum Gasteiger partial charge on any atom is -0.453 e. The minimum absolute atomic E-state index is 0.0880. The summed E-state index contributed by atoms with van der Waals surface area (Å²) in [6.45, 7) is -0.0880. The number of Topliss-reactive ketones (excluding diaryl/α,β-unsaturated/α-hetero) is 1. The molecule has 1 saturated heterocycles. The molecule has 20 heavy (non-hydrogen) atoms. The van der Waals surface area contributed by atoms with Crippen LogP contribution in [-0.4, -0.2) is 57.9 Å². The second-order valence-corrected chi connectivity index (χ2v) is 7.35. The molecule has 9 heteroatoms. The second kappa shape index (κ2) is 4.92. The molecular weight excluding hydrogens is 352 g/mol. The van der Waals surface area contributed by atoms with E-state index in [4.69, 9.17) is 51.1 Å². The molecule has 0 unspecified atom stereocenters. The van der Waals surface area contributed by atoms with Crippen LogP contribution in [0, 0.1) is 0 Å². The first-order valence-corrected chi connectivity index (χ1v) is 7.06. The number of carbonyl (C=O) groups is 2. The van der Waals surface area contributed by atoms with Crippen molar-refractivity contribution in [2.75, 3.05) is 20.7 Å². The smallest absolute Gasteiger partial charge is 0.409 e. The molecular formula is C11H11Cl4NO4. The van der Waals surface area contributed by atoms with Crippen LogP contribution in [0.25, 0.3) is 0 Å². The number of ketones is 1. The Hall–Kier alpha value is -0.200. The van der Waals surface area contributed by atoms with Gasteiger partial charge in [-0.05, 0) is 6.08 Å². The predicted octanol–water partition coefficient (Wildman–Crippen LogP) is 2.31. The maximum absolute atomic E-state index is 12.3. The van der Waals surface area contributed by atoms with Crippen LogP contribution in [0.5, 0.6) is 0 Å². The maximum atomic E-state index is 12.3. The Balaban J connectivity index is 2.36. The highest BCUT2D eigenvalue weighted by atomic mass is 35.5. The first kappa shape index (κ1) is 16.2. The molecule has 1 fully saturated rings. The van der Waals surface area contributed by atoms with E-state index in [9.17, 15) is 9.59 Å². The van der Waals surface area contributed by atoms with Gasteiger partial charge < -0.3 is 14.4 Å². The Kier molecular flexibility index (Phi) is 3.98. The van der Waals surface area contributed by atoms with Crippen LogP contribution in [-0.2, 0) is 14.3 Å². The highest BCUT2D eigenvalue weighted by Crippen LogP contribution is 2.54. The Morgan fingerprint density at radius 2 is 2.05 bits per heavy atom. The van der Waals surface area contributed by atoms with Crippen molar-refractivity contribution >= 4 is 58.3 Å². The molecule has 112 valence electrons. The summed E-state index contributed by atoms with van der Waals surface area (Å²) in [4.78, 5) is 24.9. The average molecular weight is 363 g/mol. The van der Waals surface area contributed by atoms with E-state index in [1.54, 1.807) is 0 Å². The summed E-state index contributed by atoms with van der Waals surface area (Å²) < 4.78 is 6.32. The van der Waals surface area contributed by atoms with Gasteiger partial charge in [-0.3, -0.25) is 4.79 Å². The average Bonchev–Trinajstić information content (AvgIpc) is 2.80. The Labute approximate surface area is 135 Å². The topological polar surface area (TPSA) is 55.8 Å². The van der Waals surface area contributed by atoms with Gasteiger partial charge in [-0.2, -0.15) is 0 Å². The van der Waals surface area contributed by atoms with Gasteiger partial charge in [0.05, 0.1) is 13.7 Å². The summed E-state index contributed by atoms with van der Waals surface area (Å²) in [5.41, 5.74) is -1.42. The van der Waals surface area contributed by atoms with E-state index in [1.807, 2.05) is 0 Å². The third kappa shape index (κ3) is 2.11. The molecule has 2 aliphatic rings. The van der Waals surface area contributed by atoms with Gasteiger partial charge in [0.1, 0.15) is 11.7 Å². The molecule has 0 N–H and O–H groups in total. The monoisotopic (exact) mass is 361 g/mol. The van der Waals surface area contributed by atoms with Gasteiger partial charge in [0, 0.05) is 7.05 Å². The molecule has 0 spiro atoms. The number of halogens is 4. The normalized spacial score (nSPS) is 33.1. The van der Waals surface area contributed by atoms with Crippen LogP contribution in [0.3, 0.4) is 0 Å². The number of rotatable bonds is 2. The summed E-state index contributed by atoms with van der Waals surface area (Å²) in [7, 11) is 2.69. The fourth-order valence-electron chi connectivity index (χ4n) is 2.21. The van der Waals surface area contributed by atoms with E-state index in [0.717, 1.165) is 0 Å². The lowest BCUT2D eigenvalue weighted by Crippen LogP contribution is -2.67. The quantitative estimate of drug-likeness (QED) is 0.558. The molecule has 0 saturated carbocycles. The summed E-state index contributed by atoms with van der Waals surface area (Å²) in [6.07, 6.45) is 1.51. The van der Waals surface area contributed by atoms with Crippen molar-refractivity contribution in [1.29, 1.82) is 0 Å². The lowest BCUT2D eigenvalue weighted by molar-refractivity contribution is -0.142. The molecule has 2 rings (SSSR count). The minimum atomic E-state index is -2.03. The Morgan fingerprint density at radius 3 is 2.60 bits per heavy atom. The highest BCUT2D eigenvalue weighted by molar-refractivity contribution is 6.70. The van der Waals surface area contributed by atoms with Gasteiger partial charge in [0.2, 0.25) is 14.4 Å². The summed E-state index contributed by atoms with van der Waals surface area (Å²) in [5.74, 6) is -0.781. The maximum Gasteiger partial charge on any atom is 0.409 e. The first-order chi connectivity index (χ1) is 9.08. The third-order valence-corrected chi connectivity index (χ3v) is 5.07. The number of fused-ring (bicyclic) bond motifs is 2. The van der Waals surface area contributed by atoms with Crippen LogP contribution < -0.4 is 0 Å². The van der Waals surface area contributed by atoms with Crippen LogP contribution in [0.4, 0.5) is 4.79 Å². The van der Waals surface area contributed by atoms with Crippen molar-refractivity contribution in [3.8, 4) is 0 Å². The second-order valence-electron chi connectivity index (χ2n) is 4.64. The number of hydrogen-bond donors (Lipinski definition) is 0. The third-order valence-electron chi connectivity index (χ3n) is 3.31. The Morgan fingerprint density at radius 1 is 1.45 bits per heavy atom. The molecule has 2 atom stereocenters. The summed E-state index contributed by atoms with van der Waals surface area (Å²) >= 11 is 24.2. The largest absolute Gasteiger partial charge is 0.453 e. The molecule has 2 bridgehead atoms. The van der Waals surface area contributed by atoms with Gasteiger partial charge in [0.25, 0.3) is 0 Å². The molecule has 1 amide bonds. The molecule has 2 heterocycles. The molecule has 0 aromatic carbocycles. The van der Waals surface area contributed by atoms with Crippen molar-refractivity contribution in [2.24, 2.45) is 0 Å². The number of carbonyl (C=O) groups excluding carboxylic acids is 2. The number of methoxy groups -OCH3 is 1. The standard InChI is InChI=1S/C11H11Cl4NO4/c1-16(8(18)19-2)5-9-4-3-6(20-9)10(12,13)7(17)11(9,14)15/h3-4,6H,5H2,1-2H3/t6-,9-/m0/s1. The zero-order chi connectivity index (χ0) is 15.3. The van der Waals surface area contributed by atoms with Crippen molar-refractivity contribution in [2.45, 2.75) is 20.4 Å². The van der Waals surface area contributed by atoms with Gasteiger partial charge >= 0.3 is 6.09 Å². The lowest BCUT2D eigenvalue weighted by Gasteiger charge is -2.47. The van der Waals surface area contributed by atoms with Gasteiger partial charge in [-0.15, -0.1) is 0 Å². The van der Waals surface area contributed by atoms with Crippen LogP contribution in [0.1, 0.15) is 0 Å². The van der Waals surface area contributed by atoms with Crippen molar-refractivity contribution in [3.63, 3.8) is 0 Å².